The van der Waals surface area contributed by atoms with Gasteiger partial charge in [0.25, 0.3) is 5.91 Å². The number of halogens is 1. The number of carbonyl (C=O) groups is 1. The lowest BCUT2D eigenvalue weighted by Crippen LogP contribution is -2.32. The molecule has 0 aliphatic carbocycles. The number of carbonyl (C=O) groups excluding carboxylic acids is 1. The van der Waals surface area contributed by atoms with Crippen LogP contribution >= 0.6 is 11.3 Å². The SMILES string of the molecule is Cc1ccc(OCC(=O)NC(c2ccc(F)cc2)c2cccs2)cc1. The Morgan fingerprint density at radius 3 is 2.48 bits per heavy atom. The molecule has 1 atom stereocenters. The Bertz CT molecular complexity index is 814. The Morgan fingerprint density at radius 2 is 1.84 bits per heavy atom. The number of thiophene rings is 1. The van der Waals surface area contributed by atoms with E-state index < -0.39 is 0 Å². The van der Waals surface area contributed by atoms with Gasteiger partial charge in [0.1, 0.15) is 11.6 Å². The van der Waals surface area contributed by atoms with E-state index in [1.54, 1.807) is 12.1 Å². The van der Waals surface area contributed by atoms with Crippen LogP contribution in [0.5, 0.6) is 5.75 Å². The molecule has 0 spiro atoms. The molecule has 0 radical (unpaired) electrons. The first-order valence-electron chi connectivity index (χ1n) is 7.89. The molecule has 3 nitrogen and oxygen atoms in total. The van der Waals surface area contributed by atoms with E-state index in [2.05, 4.69) is 5.32 Å². The number of hydrogen-bond acceptors (Lipinski definition) is 3. The molecule has 25 heavy (non-hydrogen) atoms. The second-order valence-corrected chi connectivity index (χ2v) is 6.65. The second kappa shape index (κ2) is 7.94. The van der Waals surface area contributed by atoms with E-state index in [0.717, 1.165) is 16.0 Å². The maximum Gasteiger partial charge on any atom is 0.258 e. The van der Waals surface area contributed by atoms with Gasteiger partial charge in [-0.05, 0) is 48.2 Å². The van der Waals surface area contributed by atoms with Crippen molar-refractivity contribution in [1.82, 2.24) is 5.32 Å². The summed E-state index contributed by atoms with van der Waals surface area (Å²) in [6.45, 7) is 1.91. The fourth-order valence-corrected chi connectivity index (χ4v) is 3.22. The maximum atomic E-state index is 13.2. The van der Waals surface area contributed by atoms with Crippen molar-refractivity contribution in [2.45, 2.75) is 13.0 Å². The number of hydrogen-bond donors (Lipinski definition) is 1. The molecule has 3 aromatic rings. The molecule has 0 aliphatic rings. The number of rotatable bonds is 6. The van der Waals surface area contributed by atoms with Crippen LogP contribution in [-0.2, 0) is 4.79 Å². The van der Waals surface area contributed by atoms with E-state index in [1.807, 2.05) is 48.7 Å². The first kappa shape index (κ1) is 17.2. The van der Waals surface area contributed by atoms with Gasteiger partial charge in [-0.3, -0.25) is 4.79 Å². The van der Waals surface area contributed by atoms with Crippen molar-refractivity contribution in [2.24, 2.45) is 0 Å². The van der Waals surface area contributed by atoms with Gasteiger partial charge in [-0.25, -0.2) is 4.39 Å². The van der Waals surface area contributed by atoms with Gasteiger partial charge in [-0.2, -0.15) is 0 Å². The number of ether oxygens (including phenoxy) is 1. The normalized spacial score (nSPS) is 11.8. The molecule has 0 bridgehead atoms. The van der Waals surface area contributed by atoms with Crippen molar-refractivity contribution in [1.29, 1.82) is 0 Å². The molecule has 0 saturated heterocycles. The van der Waals surface area contributed by atoms with Gasteiger partial charge < -0.3 is 10.1 Å². The van der Waals surface area contributed by atoms with Gasteiger partial charge in [0.15, 0.2) is 6.61 Å². The zero-order valence-corrected chi connectivity index (χ0v) is 14.6. The molecular formula is C20H18FNO2S. The van der Waals surface area contributed by atoms with Crippen LogP contribution < -0.4 is 10.1 Å². The Balaban J connectivity index is 1.68. The van der Waals surface area contributed by atoms with Crippen LogP contribution in [0.3, 0.4) is 0 Å². The molecule has 1 unspecified atom stereocenters. The Labute approximate surface area is 150 Å². The highest BCUT2D eigenvalue weighted by Crippen LogP contribution is 2.26. The predicted molar refractivity (Wildman–Crippen MR) is 97.4 cm³/mol. The van der Waals surface area contributed by atoms with Crippen LogP contribution in [0.15, 0.2) is 66.0 Å². The van der Waals surface area contributed by atoms with E-state index in [4.69, 9.17) is 4.74 Å². The van der Waals surface area contributed by atoms with Gasteiger partial charge in [-0.1, -0.05) is 35.9 Å². The van der Waals surface area contributed by atoms with Gasteiger partial charge in [0.2, 0.25) is 0 Å². The van der Waals surface area contributed by atoms with Crippen molar-refractivity contribution in [2.75, 3.05) is 6.61 Å². The lowest BCUT2D eigenvalue weighted by atomic mass is 10.1. The molecule has 1 amide bonds. The fraction of sp³-hybridized carbons (Fsp3) is 0.150. The lowest BCUT2D eigenvalue weighted by Gasteiger charge is -2.18. The van der Waals surface area contributed by atoms with Crippen LogP contribution in [0.25, 0.3) is 0 Å². The number of aryl methyl sites for hydroxylation is 1. The summed E-state index contributed by atoms with van der Waals surface area (Å²) in [7, 11) is 0. The molecule has 5 heteroatoms. The van der Waals surface area contributed by atoms with Crippen molar-refractivity contribution in [3.05, 3.63) is 87.9 Å². The third kappa shape index (κ3) is 4.67. The highest BCUT2D eigenvalue weighted by Gasteiger charge is 2.18. The smallest absolute Gasteiger partial charge is 0.258 e. The minimum atomic E-state index is -0.324. The molecule has 1 N–H and O–H groups in total. The highest BCUT2D eigenvalue weighted by molar-refractivity contribution is 7.10. The van der Waals surface area contributed by atoms with Gasteiger partial charge in [-0.15, -0.1) is 11.3 Å². The molecule has 128 valence electrons. The van der Waals surface area contributed by atoms with Crippen LogP contribution in [0, 0.1) is 12.7 Å². The molecule has 1 aromatic heterocycles. The standard InChI is InChI=1S/C20H18FNO2S/c1-14-4-10-17(11-5-14)24-13-19(23)22-20(18-3-2-12-25-18)15-6-8-16(21)9-7-15/h2-12,20H,13H2,1H3,(H,22,23). The van der Waals surface area contributed by atoms with Gasteiger partial charge in [0.05, 0.1) is 6.04 Å². The predicted octanol–water partition coefficient (Wildman–Crippen LogP) is 4.48. The number of nitrogens with one attached hydrogen (secondary N) is 1. The van der Waals surface area contributed by atoms with E-state index in [0.29, 0.717) is 5.75 Å². The summed E-state index contributed by atoms with van der Waals surface area (Å²) in [6, 6.07) is 17.2. The summed E-state index contributed by atoms with van der Waals surface area (Å²) >= 11 is 1.54. The summed E-state index contributed by atoms with van der Waals surface area (Å²) in [5, 5.41) is 4.91. The molecule has 1 heterocycles. The minimum absolute atomic E-state index is 0.0773. The molecule has 2 aromatic carbocycles. The topological polar surface area (TPSA) is 38.3 Å². The molecule has 3 rings (SSSR count). The lowest BCUT2D eigenvalue weighted by molar-refractivity contribution is -0.123. The van der Waals surface area contributed by atoms with E-state index in [-0.39, 0.29) is 24.4 Å². The quantitative estimate of drug-likeness (QED) is 0.708. The number of amides is 1. The van der Waals surface area contributed by atoms with Crippen LogP contribution in [-0.4, -0.2) is 12.5 Å². The van der Waals surface area contributed by atoms with Crippen LogP contribution in [0.4, 0.5) is 4.39 Å². The average molecular weight is 355 g/mol. The third-order valence-electron chi connectivity index (χ3n) is 3.73. The minimum Gasteiger partial charge on any atom is -0.484 e. The first-order chi connectivity index (χ1) is 12.1. The van der Waals surface area contributed by atoms with E-state index in [1.165, 1.54) is 23.5 Å². The van der Waals surface area contributed by atoms with Crippen molar-refractivity contribution in [3.63, 3.8) is 0 Å². The average Bonchev–Trinajstić information content (AvgIpc) is 3.14. The van der Waals surface area contributed by atoms with Gasteiger partial charge in [0, 0.05) is 4.88 Å². The van der Waals surface area contributed by atoms with Crippen molar-refractivity contribution >= 4 is 17.2 Å². The molecule has 0 fully saturated rings. The van der Waals surface area contributed by atoms with Crippen LogP contribution in [0.1, 0.15) is 22.0 Å². The monoisotopic (exact) mass is 355 g/mol. The van der Waals surface area contributed by atoms with E-state index in [9.17, 15) is 9.18 Å². The zero-order chi connectivity index (χ0) is 17.6. The summed E-state index contributed by atoms with van der Waals surface area (Å²) in [5.41, 5.74) is 1.96. The van der Waals surface area contributed by atoms with E-state index >= 15 is 0 Å². The van der Waals surface area contributed by atoms with Gasteiger partial charge >= 0.3 is 0 Å². The largest absolute Gasteiger partial charge is 0.484 e. The highest BCUT2D eigenvalue weighted by atomic mass is 32.1. The van der Waals surface area contributed by atoms with Crippen molar-refractivity contribution in [3.8, 4) is 5.75 Å². The summed E-state index contributed by atoms with van der Waals surface area (Å²) in [4.78, 5) is 13.3. The molecule has 0 aliphatic heterocycles. The Hall–Kier alpha value is -2.66. The third-order valence-corrected chi connectivity index (χ3v) is 4.66. The number of benzene rings is 2. The molecule has 0 saturated carbocycles. The summed E-state index contributed by atoms with van der Waals surface area (Å²) < 4.78 is 18.7. The maximum absolute atomic E-state index is 13.2. The van der Waals surface area contributed by atoms with Crippen molar-refractivity contribution < 1.29 is 13.9 Å². The Morgan fingerprint density at radius 1 is 1.12 bits per heavy atom. The molecular weight excluding hydrogens is 337 g/mol. The second-order valence-electron chi connectivity index (χ2n) is 5.67. The summed E-state index contributed by atoms with van der Waals surface area (Å²) in [5.74, 6) is 0.112. The van der Waals surface area contributed by atoms with Crippen LogP contribution in [0.2, 0.25) is 0 Å². The Kier molecular flexibility index (Phi) is 5.46. The zero-order valence-electron chi connectivity index (χ0n) is 13.7. The first-order valence-corrected chi connectivity index (χ1v) is 8.77. The fourth-order valence-electron chi connectivity index (χ4n) is 2.42. The summed E-state index contributed by atoms with van der Waals surface area (Å²) in [6.07, 6.45) is 0.